The third-order valence-corrected chi connectivity index (χ3v) is 2.83. The van der Waals surface area contributed by atoms with Crippen LogP contribution in [-0.2, 0) is 6.18 Å². The van der Waals surface area contributed by atoms with Crippen molar-refractivity contribution in [1.82, 2.24) is 9.97 Å². The molecule has 0 unspecified atom stereocenters. The zero-order valence-corrected chi connectivity index (χ0v) is 10.5. The maximum absolute atomic E-state index is 12.6. The molecule has 0 atom stereocenters. The van der Waals surface area contributed by atoms with Crippen LogP contribution in [0.1, 0.15) is 5.56 Å². The molecule has 0 fully saturated rings. The van der Waals surface area contributed by atoms with E-state index in [-0.39, 0.29) is 17.2 Å². The van der Waals surface area contributed by atoms with E-state index in [9.17, 15) is 13.2 Å². The molecule has 0 aliphatic heterocycles. The summed E-state index contributed by atoms with van der Waals surface area (Å²) in [6.45, 7) is 0. The zero-order chi connectivity index (χ0) is 13.3. The minimum Gasteiger partial charge on any atom is -0.383 e. The first-order chi connectivity index (χ1) is 8.38. The summed E-state index contributed by atoms with van der Waals surface area (Å²) in [4.78, 5) is 7.85. The number of nitrogens with two attached hydrogens (primary N) is 1. The number of hydrogen-bond acceptors (Lipinski definition) is 3. The summed E-state index contributed by atoms with van der Waals surface area (Å²) in [5.74, 6) is 0.333. The molecule has 2 aromatic rings. The number of nitrogen functional groups attached to an aromatic ring is 1. The highest BCUT2D eigenvalue weighted by molar-refractivity contribution is 9.10. The Morgan fingerprint density at radius 2 is 1.94 bits per heavy atom. The van der Waals surface area contributed by atoms with Gasteiger partial charge in [0.05, 0.1) is 10.0 Å². The fraction of sp³-hybridized carbons (Fsp3) is 0.0909. The lowest BCUT2D eigenvalue weighted by Crippen LogP contribution is -2.05. The molecular formula is C11H7BrF3N3. The van der Waals surface area contributed by atoms with Crippen molar-refractivity contribution in [3.63, 3.8) is 0 Å². The third-order valence-electron chi connectivity index (χ3n) is 2.22. The molecule has 18 heavy (non-hydrogen) atoms. The van der Waals surface area contributed by atoms with Crippen LogP contribution in [0.5, 0.6) is 0 Å². The number of benzene rings is 1. The van der Waals surface area contributed by atoms with E-state index in [1.165, 1.54) is 18.3 Å². The van der Waals surface area contributed by atoms with Crippen LogP contribution in [0.2, 0.25) is 0 Å². The normalized spacial score (nSPS) is 11.6. The van der Waals surface area contributed by atoms with Crippen molar-refractivity contribution in [3.8, 4) is 11.4 Å². The molecule has 0 amide bonds. The second kappa shape index (κ2) is 4.56. The van der Waals surface area contributed by atoms with Gasteiger partial charge in [-0.05, 0) is 28.1 Å². The van der Waals surface area contributed by atoms with Crippen molar-refractivity contribution in [2.24, 2.45) is 0 Å². The van der Waals surface area contributed by atoms with E-state index in [1.54, 1.807) is 0 Å². The van der Waals surface area contributed by atoms with E-state index in [1.807, 2.05) is 0 Å². The van der Waals surface area contributed by atoms with E-state index in [2.05, 4.69) is 25.9 Å². The van der Waals surface area contributed by atoms with Crippen molar-refractivity contribution >= 4 is 21.7 Å². The molecular weight excluding hydrogens is 311 g/mol. The van der Waals surface area contributed by atoms with Crippen LogP contribution in [-0.4, -0.2) is 9.97 Å². The number of anilines is 1. The van der Waals surface area contributed by atoms with E-state index in [0.717, 1.165) is 12.1 Å². The average molecular weight is 318 g/mol. The van der Waals surface area contributed by atoms with Crippen molar-refractivity contribution in [2.75, 3.05) is 5.73 Å². The highest BCUT2D eigenvalue weighted by atomic mass is 79.9. The van der Waals surface area contributed by atoms with Gasteiger partial charge in [-0.2, -0.15) is 13.2 Å². The molecule has 0 saturated heterocycles. The van der Waals surface area contributed by atoms with Crippen LogP contribution in [0, 0.1) is 0 Å². The Kier molecular flexibility index (Phi) is 3.25. The lowest BCUT2D eigenvalue weighted by Gasteiger charge is -2.08. The highest BCUT2D eigenvalue weighted by Crippen LogP contribution is 2.31. The maximum atomic E-state index is 12.6. The Morgan fingerprint density at radius 1 is 1.22 bits per heavy atom. The third kappa shape index (κ3) is 2.61. The predicted octanol–water partition coefficient (Wildman–Crippen LogP) is 3.51. The van der Waals surface area contributed by atoms with E-state index in [0.29, 0.717) is 4.47 Å². The van der Waals surface area contributed by atoms with Gasteiger partial charge in [0.2, 0.25) is 0 Å². The van der Waals surface area contributed by atoms with Gasteiger partial charge in [-0.3, -0.25) is 0 Å². The molecule has 0 aliphatic rings. The molecule has 94 valence electrons. The zero-order valence-electron chi connectivity index (χ0n) is 8.87. The van der Waals surface area contributed by atoms with Gasteiger partial charge >= 0.3 is 6.18 Å². The van der Waals surface area contributed by atoms with Gasteiger partial charge in [-0.25, -0.2) is 9.97 Å². The largest absolute Gasteiger partial charge is 0.416 e. The van der Waals surface area contributed by atoms with Crippen LogP contribution in [0.3, 0.4) is 0 Å². The van der Waals surface area contributed by atoms with Gasteiger partial charge in [-0.15, -0.1) is 0 Å². The van der Waals surface area contributed by atoms with Crippen molar-refractivity contribution in [1.29, 1.82) is 0 Å². The average Bonchev–Trinajstić information content (AvgIpc) is 2.32. The molecule has 1 aromatic heterocycles. The number of alkyl halides is 3. The first-order valence-corrected chi connectivity index (χ1v) is 5.63. The lowest BCUT2D eigenvalue weighted by molar-refractivity contribution is -0.137. The lowest BCUT2D eigenvalue weighted by atomic mass is 10.1. The Hall–Kier alpha value is -1.63. The van der Waals surface area contributed by atoms with Crippen molar-refractivity contribution < 1.29 is 13.2 Å². The quantitative estimate of drug-likeness (QED) is 0.875. The fourth-order valence-electron chi connectivity index (χ4n) is 1.35. The van der Waals surface area contributed by atoms with Crippen molar-refractivity contribution in [3.05, 3.63) is 40.5 Å². The van der Waals surface area contributed by atoms with E-state index in [4.69, 9.17) is 5.73 Å². The Balaban J connectivity index is 2.48. The van der Waals surface area contributed by atoms with Gasteiger partial charge in [0.25, 0.3) is 0 Å². The number of aromatic nitrogens is 2. The molecule has 1 aromatic carbocycles. The summed E-state index contributed by atoms with van der Waals surface area (Å²) in [6.07, 6.45) is -2.99. The minimum absolute atomic E-state index is 0.154. The molecule has 0 radical (unpaired) electrons. The van der Waals surface area contributed by atoms with E-state index < -0.39 is 11.7 Å². The second-order valence-corrected chi connectivity index (χ2v) is 4.36. The molecule has 7 heteroatoms. The molecule has 0 aliphatic carbocycles. The van der Waals surface area contributed by atoms with Gasteiger partial charge in [0.1, 0.15) is 5.82 Å². The second-order valence-electron chi connectivity index (χ2n) is 3.51. The Morgan fingerprint density at radius 3 is 2.56 bits per heavy atom. The Labute approximate surface area is 109 Å². The predicted molar refractivity (Wildman–Crippen MR) is 64.6 cm³/mol. The maximum Gasteiger partial charge on any atom is 0.416 e. The molecule has 2 N–H and O–H groups in total. The fourth-order valence-corrected chi connectivity index (χ4v) is 1.55. The summed E-state index contributed by atoms with van der Waals surface area (Å²) in [6, 6.07) is 4.78. The minimum atomic E-state index is -4.39. The topological polar surface area (TPSA) is 51.8 Å². The van der Waals surface area contributed by atoms with Gasteiger partial charge in [-0.1, -0.05) is 12.1 Å². The molecule has 0 bridgehead atoms. The highest BCUT2D eigenvalue weighted by Gasteiger charge is 2.30. The summed E-state index contributed by atoms with van der Waals surface area (Å²) in [5.41, 5.74) is 5.08. The number of rotatable bonds is 1. The van der Waals surface area contributed by atoms with Crippen LogP contribution in [0.15, 0.2) is 34.9 Å². The monoisotopic (exact) mass is 317 g/mol. The van der Waals surface area contributed by atoms with Crippen LogP contribution in [0.4, 0.5) is 19.0 Å². The first kappa shape index (κ1) is 12.8. The Bertz CT molecular complexity index is 584. The van der Waals surface area contributed by atoms with Gasteiger partial charge in [0.15, 0.2) is 5.82 Å². The van der Waals surface area contributed by atoms with Gasteiger partial charge in [0, 0.05) is 11.8 Å². The van der Waals surface area contributed by atoms with Crippen LogP contribution < -0.4 is 5.73 Å². The summed E-state index contributed by atoms with van der Waals surface area (Å²) in [5, 5.41) is 0. The molecule has 1 heterocycles. The molecule has 2 rings (SSSR count). The summed E-state index contributed by atoms with van der Waals surface area (Å²) >= 11 is 3.12. The van der Waals surface area contributed by atoms with E-state index >= 15 is 0 Å². The smallest absolute Gasteiger partial charge is 0.383 e. The molecule has 3 nitrogen and oxygen atoms in total. The molecule has 0 saturated carbocycles. The number of halogens is 4. The van der Waals surface area contributed by atoms with Crippen molar-refractivity contribution in [2.45, 2.75) is 6.18 Å². The summed E-state index contributed by atoms with van der Waals surface area (Å²) < 4.78 is 38.2. The number of nitrogens with zero attached hydrogens (tertiary/aromatic N) is 2. The summed E-state index contributed by atoms with van der Waals surface area (Å²) in [7, 11) is 0. The first-order valence-electron chi connectivity index (χ1n) is 4.83. The standard InChI is InChI=1S/C11H7BrF3N3/c12-8-5-17-10(18-9(8)16)6-2-1-3-7(4-6)11(13,14)15/h1-5H,(H2,16,17,18). The SMILES string of the molecule is Nc1nc(-c2cccc(C(F)(F)F)c2)ncc1Br. The number of hydrogen-bond donors (Lipinski definition) is 1. The molecule has 0 spiro atoms. The van der Waals surface area contributed by atoms with Gasteiger partial charge < -0.3 is 5.73 Å². The van der Waals surface area contributed by atoms with Crippen LogP contribution in [0.25, 0.3) is 11.4 Å². The van der Waals surface area contributed by atoms with Crippen LogP contribution >= 0.6 is 15.9 Å².